The number of ether oxygens (including phenoxy) is 1. The first-order valence-electron chi connectivity index (χ1n) is 5.26. The van der Waals surface area contributed by atoms with Crippen molar-refractivity contribution in [3.8, 4) is 17.9 Å². The lowest BCUT2D eigenvalue weighted by Crippen LogP contribution is -2.00. The van der Waals surface area contributed by atoms with Crippen molar-refractivity contribution in [3.05, 3.63) is 34.9 Å². The monoisotopic (exact) mass is 248 g/mol. The van der Waals surface area contributed by atoms with Gasteiger partial charge in [0.25, 0.3) is 0 Å². The summed E-state index contributed by atoms with van der Waals surface area (Å²) in [6.07, 6.45) is 1.74. The van der Waals surface area contributed by atoms with Crippen molar-refractivity contribution in [1.29, 1.82) is 10.5 Å². The summed E-state index contributed by atoms with van der Waals surface area (Å²) in [7, 11) is 0. The highest BCUT2D eigenvalue weighted by Crippen LogP contribution is 2.24. The van der Waals surface area contributed by atoms with Crippen LogP contribution in [0.15, 0.2) is 17.7 Å². The van der Waals surface area contributed by atoms with Crippen LogP contribution in [0.2, 0.25) is 0 Å². The van der Waals surface area contributed by atoms with Crippen molar-refractivity contribution in [1.82, 2.24) is 0 Å². The number of hydrogen-bond acceptors (Lipinski definition) is 3. The molecular formula is C13H10F2N2O. The molecule has 92 valence electrons. The minimum Gasteiger partial charge on any atom is -0.488 e. The van der Waals surface area contributed by atoms with Crippen molar-refractivity contribution < 1.29 is 13.5 Å². The van der Waals surface area contributed by atoms with Gasteiger partial charge in [0.15, 0.2) is 17.4 Å². The maximum Gasteiger partial charge on any atom is 0.190 e. The van der Waals surface area contributed by atoms with Crippen molar-refractivity contribution in [2.24, 2.45) is 0 Å². The average Bonchev–Trinajstić information content (AvgIpc) is 2.35. The Morgan fingerprint density at radius 2 is 1.83 bits per heavy atom. The van der Waals surface area contributed by atoms with Gasteiger partial charge in [-0.05, 0) is 30.2 Å². The third-order valence-electron chi connectivity index (χ3n) is 2.02. The van der Waals surface area contributed by atoms with E-state index in [0.29, 0.717) is 6.42 Å². The number of benzene rings is 1. The van der Waals surface area contributed by atoms with E-state index in [-0.39, 0.29) is 17.7 Å². The van der Waals surface area contributed by atoms with E-state index in [1.807, 2.05) is 6.92 Å². The highest BCUT2D eigenvalue weighted by Gasteiger charge is 2.12. The highest BCUT2D eigenvalue weighted by atomic mass is 19.1. The number of nitriles is 2. The Labute approximate surface area is 104 Å². The molecule has 3 nitrogen and oxygen atoms in total. The van der Waals surface area contributed by atoms with Crippen molar-refractivity contribution in [3.63, 3.8) is 0 Å². The van der Waals surface area contributed by atoms with Gasteiger partial charge in [0.1, 0.15) is 17.7 Å². The Kier molecular flexibility index (Phi) is 4.83. The number of allylic oxidation sites excluding steroid dienone is 1. The second-order valence-corrected chi connectivity index (χ2v) is 3.44. The van der Waals surface area contributed by atoms with E-state index < -0.39 is 17.4 Å². The van der Waals surface area contributed by atoms with Crippen LogP contribution in [0.25, 0.3) is 6.08 Å². The van der Waals surface area contributed by atoms with Crippen LogP contribution in [-0.4, -0.2) is 6.61 Å². The summed E-state index contributed by atoms with van der Waals surface area (Å²) < 4.78 is 32.0. The van der Waals surface area contributed by atoms with Crippen molar-refractivity contribution in [2.75, 3.05) is 6.61 Å². The van der Waals surface area contributed by atoms with Gasteiger partial charge in [-0.2, -0.15) is 10.5 Å². The molecule has 0 unspecified atom stereocenters. The molecule has 0 aromatic heterocycles. The fraction of sp³-hybridized carbons (Fsp3) is 0.231. The molecule has 0 N–H and O–H groups in total. The predicted molar refractivity (Wildman–Crippen MR) is 61.3 cm³/mol. The Hall–Kier alpha value is -2.40. The van der Waals surface area contributed by atoms with Crippen LogP contribution in [0, 0.1) is 34.3 Å². The summed E-state index contributed by atoms with van der Waals surface area (Å²) in [5, 5.41) is 17.1. The van der Waals surface area contributed by atoms with E-state index in [0.717, 1.165) is 18.2 Å². The smallest absolute Gasteiger partial charge is 0.190 e. The van der Waals surface area contributed by atoms with Crippen LogP contribution in [0.4, 0.5) is 8.78 Å². The normalized spacial score (nSPS) is 9.17. The second kappa shape index (κ2) is 6.36. The SMILES string of the molecule is CCCOc1c(F)cc(C=C(C#N)C#N)cc1F. The molecule has 0 amide bonds. The number of hydrogen-bond donors (Lipinski definition) is 0. The first kappa shape index (κ1) is 13.7. The molecule has 0 radical (unpaired) electrons. The lowest BCUT2D eigenvalue weighted by Gasteiger charge is -2.07. The number of rotatable bonds is 4. The molecule has 0 aliphatic carbocycles. The van der Waals surface area contributed by atoms with Crippen molar-refractivity contribution >= 4 is 6.08 Å². The zero-order chi connectivity index (χ0) is 13.5. The zero-order valence-corrected chi connectivity index (χ0v) is 9.70. The van der Waals surface area contributed by atoms with Crippen LogP contribution in [0.1, 0.15) is 18.9 Å². The molecular weight excluding hydrogens is 238 g/mol. The zero-order valence-electron chi connectivity index (χ0n) is 9.70. The van der Waals surface area contributed by atoms with E-state index in [9.17, 15) is 8.78 Å². The molecule has 1 aromatic rings. The molecule has 18 heavy (non-hydrogen) atoms. The topological polar surface area (TPSA) is 56.8 Å². The molecule has 0 saturated carbocycles. The predicted octanol–water partition coefficient (Wildman–Crippen LogP) is 3.18. The van der Waals surface area contributed by atoms with E-state index in [2.05, 4.69) is 0 Å². The molecule has 0 aliphatic rings. The minimum absolute atomic E-state index is 0.104. The van der Waals surface area contributed by atoms with Crippen LogP contribution in [0.5, 0.6) is 5.75 Å². The van der Waals surface area contributed by atoms with Crippen molar-refractivity contribution in [2.45, 2.75) is 13.3 Å². The first-order chi connectivity index (χ1) is 8.62. The summed E-state index contributed by atoms with van der Waals surface area (Å²) in [6, 6.07) is 5.26. The fourth-order valence-corrected chi connectivity index (χ4v) is 1.26. The largest absolute Gasteiger partial charge is 0.488 e. The van der Waals surface area contributed by atoms with Gasteiger partial charge in [-0.1, -0.05) is 6.92 Å². The maximum atomic E-state index is 13.5. The summed E-state index contributed by atoms with van der Waals surface area (Å²) in [6.45, 7) is 2.03. The molecule has 0 saturated heterocycles. The molecule has 0 atom stereocenters. The van der Waals surface area contributed by atoms with Gasteiger partial charge in [-0.3, -0.25) is 0 Å². The van der Waals surface area contributed by atoms with Crippen LogP contribution >= 0.6 is 0 Å². The number of nitrogens with zero attached hydrogens (tertiary/aromatic N) is 2. The summed E-state index contributed by atoms with van der Waals surface area (Å²) in [5.74, 6) is -2.15. The van der Waals surface area contributed by atoms with Crippen LogP contribution in [-0.2, 0) is 0 Å². The average molecular weight is 248 g/mol. The quantitative estimate of drug-likeness (QED) is 0.769. The Bertz CT molecular complexity index is 514. The highest BCUT2D eigenvalue weighted by molar-refractivity contribution is 5.62. The Balaban J connectivity index is 3.12. The van der Waals surface area contributed by atoms with Gasteiger partial charge in [0.05, 0.1) is 6.61 Å². The molecule has 0 spiro atoms. The van der Waals surface area contributed by atoms with Gasteiger partial charge in [0.2, 0.25) is 0 Å². The minimum atomic E-state index is -0.857. The van der Waals surface area contributed by atoms with Gasteiger partial charge in [-0.25, -0.2) is 8.78 Å². The van der Waals surface area contributed by atoms with Crippen LogP contribution in [0.3, 0.4) is 0 Å². The van der Waals surface area contributed by atoms with Gasteiger partial charge < -0.3 is 4.74 Å². The molecule has 0 heterocycles. The molecule has 1 aromatic carbocycles. The maximum absolute atomic E-state index is 13.5. The van der Waals surface area contributed by atoms with Gasteiger partial charge in [0, 0.05) is 0 Å². The van der Waals surface area contributed by atoms with Gasteiger partial charge >= 0.3 is 0 Å². The lowest BCUT2D eigenvalue weighted by atomic mass is 10.1. The number of halogens is 2. The Morgan fingerprint density at radius 3 is 2.28 bits per heavy atom. The van der Waals surface area contributed by atoms with E-state index in [4.69, 9.17) is 15.3 Å². The van der Waals surface area contributed by atoms with E-state index in [1.165, 1.54) is 0 Å². The molecule has 0 aliphatic heterocycles. The van der Waals surface area contributed by atoms with Crippen LogP contribution < -0.4 is 4.74 Å². The molecule has 0 bridgehead atoms. The molecule has 1 rings (SSSR count). The molecule has 5 heteroatoms. The lowest BCUT2D eigenvalue weighted by molar-refractivity contribution is 0.285. The standard InChI is InChI=1S/C13H10F2N2O/c1-2-3-18-13-11(14)5-9(6-12(13)15)4-10(7-16)8-17/h4-6H,2-3H2,1H3. The summed E-state index contributed by atoms with van der Waals surface area (Å²) >= 11 is 0. The molecule has 0 fully saturated rings. The fourth-order valence-electron chi connectivity index (χ4n) is 1.26. The Morgan fingerprint density at radius 1 is 1.28 bits per heavy atom. The second-order valence-electron chi connectivity index (χ2n) is 3.44. The van der Waals surface area contributed by atoms with E-state index in [1.54, 1.807) is 12.1 Å². The first-order valence-corrected chi connectivity index (χ1v) is 5.26. The van der Waals surface area contributed by atoms with Gasteiger partial charge in [-0.15, -0.1) is 0 Å². The van der Waals surface area contributed by atoms with E-state index >= 15 is 0 Å². The summed E-state index contributed by atoms with van der Waals surface area (Å²) in [5.41, 5.74) is -0.122. The third kappa shape index (κ3) is 3.29. The third-order valence-corrected chi connectivity index (χ3v) is 2.02. The summed E-state index contributed by atoms with van der Waals surface area (Å²) in [4.78, 5) is 0.